The lowest BCUT2D eigenvalue weighted by Crippen LogP contribution is -2.43. The Kier molecular flexibility index (Phi) is 5.43. The fourth-order valence-electron chi connectivity index (χ4n) is 1.62. The average molecular weight is 340 g/mol. The maximum atomic E-state index is 12.3. The highest BCUT2D eigenvalue weighted by Gasteiger charge is 2.29. The van der Waals surface area contributed by atoms with Gasteiger partial charge >= 0.3 is 5.97 Å². The molecular formula is C12H15Cl2NO4S. The van der Waals surface area contributed by atoms with Crippen LogP contribution in [0.1, 0.15) is 26.7 Å². The van der Waals surface area contributed by atoms with Crippen molar-refractivity contribution in [2.45, 2.75) is 37.1 Å². The predicted octanol–water partition coefficient (Wildman–Crippen LogP) is 2.92. The van der Waals surface area contributed by atoms with Crippen LogP contribution in [-0.4, -0.2) is 25.0 Å². The van der Waals surface area contributed by atoms with E-state index in [4.69, 9.17) is 28.3 Å². The number of nitrogens with one attached hydrogen (secondary N) is 1. The van der Waals surface area contributed by atoms with Gasteiger partial charge in [-0.05, 0) is 32.4 Å². The standard InChI is InChI=1S/C12H15Cl2NO4S/c1-12(2,7-6-10(16)17)15-20(18,19)11-8(13)4-3-5-9(11)14/h3-5,15H,6-7H2,1-2H3,(H,16,17). The molecule has 112 valence electrons. The van der Waals surface area contributed by atoms with Gasteiger partial charge in [0.15, 0.2) is 0 Å². The molecule has 5 nitrogen and oxygen atoms in total. The summed E-state index contributed by atoms with van der Waals surface area (Å²) in [5.74, 6) is -0.993. The van der Waals surface area contributed by atoms with Crippen LogP contribution in [0.2, 0.25) is 10.0 Å². The highest BCUT2D eigenvalue weighted by molar-refractivity contribution is 7.89. The van der Waals surface area contributed by atoms with Crippen LogP contribution in [-0.2, 0) is 14.8 Å². The SMILES string of the molecule is CC(C)(CCC(=O)O)NS(=O)(=O)c1c(Cl)cccc1Cl. The molecule has 0 aromatic heterocycles. The topological polar surface area (TPSA) is 83.5 Å². The van der Waals surface area contributed by atoms with E-state index in [9.17, 15) is 13.2 Å². The quantitative estimate of drug-likeness (QED) is 0.834. The van der Waals surface area contributed by atoms with Gasteiger partial charge in [0.25, 0.3) is 0 Å². The summed E-state index contributed by atoms with van der Waals surface area (Å²) < 4.78 is 27.0. The van der Waals surface area contributed by atoms with Crippen molar-refractivity contribution in [3.8, 4) is 0 Å². The van der Waals surface area contributed by atoms with Crippen LogP contribution >= 0.6 is 23.2 Å². The summed E-state index contributed by atoms with van der Waals surface area (Å²) in [5, 5.41) is 8.69. The molecule has 0 aliphatic carbocycles. The van der Waals surface area contributed by atoms with E-state index in [1.165, 1.54) is 12.1 Å². The number of carbonyl (C=O) groups is 1. The summed E-state index contributed by atoms with van der Waals surface area (Å²) in [6.45, 7) is 3.19. The summed E-state index contributed by atoms with van der Waals surface area (Å²) in [7, 11) is -3.93. The van der Waals surface area contributed by atoms with Crippen LogP contribution in [0.3, 0.4) is 0 Å². The Morgan fingerprint density at radius 1 is 1.30 bits per heavy atom. The molecule has 2 N–H and O–H groups in total. The molecule has 0 aliphatic heterocycles. The molecule has 0 heterocycles. The lowest BCUT2D eigenvalue weighted by atomic mass is 10.0. The van der Waals surface area contributed by atoms with Crippen LogP contribution < -0.4 is 4.72 Å². The molecule has 0 fully saturated rings. The molecule has 0 radical (unpaired) electrons. The Morgan fingerprint density at radius 2 is 1.80 bits per heavy atom. The first-order chi connectivity index (χ1) is 9.05. The number of aliphatic carboxylic acids is 1. The Morgan fingerprint density at radius 3 is 2.25 bits per heavy atom. The second kappa shape index (κ2) is 6.30. The maximum Gasteiger partial charge on any atom is 0.303 e. The number of rotatable bonds is 6. The third-order valence-corrected chi connectivity index (χ3v) is 5.21. The van der Waals surface area contributed by atoms with Crippen molar-refractivity contribution in [3.63, 3.8) is 0 Å². The molecule has 0 bridgehead atoms. The Bertz CT molecular complexity index is 594. The minimum absolute atomic E-state index is 0.0130. The van der Waals surface area contributed by atoms with Gasteiger partial charge in [0, 0.05) is 12.0 Å². The van der Waals surface area contributed by atoms with E-state index in [1.807, 2.05) is 0 Å². The van der Waals surface area contributed by atoms with Gasteiger partial charge in [0.2, 0.25) is 10.0 Å². The van der Waals surface area contributed by atoms with Crippen molar-refractivity contribution in [2.75, 3.05) is 0 Å². The average Bonchev–Trinajstić information content (AvgIpc) is 2.24. The fraction of sp³-hybridized carbons (Fsp3) is 0.417. The van der Waals surface area contributed by atoms with E-state index in [-0.39, 0.29) is 27.8 Å². The van der Waals surface area contributed by atoms with Gasteiger partial charge in [-0.2, -0.15) is 0 Å². The number of halogens is 2. The van der Waals surface area contributed by atoms with Gasteiger partial charge in [-0.1, -0.05) is 29.3 Å². The van der Waals surface area contributed by atoms with E-state index in [2.05, 4.69) is 4.72 Å². The molecular weight excluding hydrogens is 325 g/mol. The second-order valence-corrected chi connectivity index (χ2v) is 7.37. The molecule has 20 heavy (non-hydrogen) atoms. The summed E-state index contributed by atoms with van der Waals surface area (Å²) in [6, 6.07) is 4.39. The van der Waals surface area contributed by atoms with E-state index < -0.39 is 21.5 Å². The smallest absolute Gasteiger partial charge is 0.303 e. The zero-order chi connectivity index (χ0) is 15.6. The molecule has 0 amide bonds. The zero-order valence-corrected chi connectivity index (χ0v) is 13.3. The Hall–Kier alpha value is -0.820. The number of sulfonamides is 1. The number of benzene rings is 1. The number of carboxylic acid groups (broad SMARTS) is 1. The molecule has 0 unspecified atom stereocenters. The summed E-state index contributed by atoms with van der Waals surface area (Å²) in [5.41, 5.74) is -0.931. The molecule has 0 spiro atoms. The second-order valence-electron chi connectivity index (χ2n) is 4.93. The lowest BCUT2D eigenvalue weighted by Gasteiger charge is -2.25. The number of hydrogen-bond donors (Lipinski definition) is 2. The van der Waals surface area contributed by atoms with Crippen molar-refractivity contribution in [1.29, 1.82) is 0 Å². The highest BCUT2D eigenvalue weighted by Crippen LogP contribution is 2.30. The fourth-order valence-corrected chi connectivity index (χ4v) is 4.21. The zero-order valence-electron chi connectivity index (χ0n) is 11.0. The molecule has 0 aliphatic rings. The van der Waals surface area contributed by atoms with Crippen LogP contribution in [0.5, 0.6) is 0 Å². The van der Waals surface area contributed by atoms with Crippen molar-refractivity contribution >= 4 is 39.2 Å². The first kappa shape index (κ1) is 17.2. The van der Waals surface area contributed by atoms with Crippen molar-refractivity contribution in [3.05, 3.63) is 28.2 Å². The summed E-state index contributed by atoms with van der Waals surface area (Å²) in [4.78, 5) is 10.4. The Balaban J connectivity index is 3.03. The van der Waals surface area contributed by atoms with Gasteiger partial charge in [0.05, 0.1) is 10.0 Å². The molecule has 1 rings (SSSR count). The number of hydrogen-bond acceptors (Lipinski definition) is 3. The van der Waals surface area contributed by atoms with Crippen LogP contribution in [0.25, 0.3) is 0 Å². The van der Waals surface area contributed by atoms with Crippen LogP contribution in [0, 0.1) is 0 Å². The third kappa shape index (κ3) is 4.63. The molecule has 0 saturated carbocycles. The van der Waals surface area contributed by atoms with E-state index in [1.54, 1.807) is 19.9 Å². The number of carboxylic acids is 1. The first-order valence-corrected chi connectivity index (χ1v) is 7.99. The molecule has 1 aromatic rings. The molecule has 1 aromatic carbocycles. The minimum Gasteiger partial charge on any atom is -0.481 e. The Labute approximate surface area is 127 Å². The maximum absolute atomic E-state index is 12.3. The van der Waals surface area contributed by atoms with Crippen molar-refractivity contribution in [2.24, 2.45) is 0 Å². The first-order valence-electron chi connectivity index (χ1n) is 5.75. The van der Waals surface area contributed by atoms with Gasteiger partial charge in [-0.25, -0.2) is 13.1 Å². The third-order valence-electron chi connectivity index (χ3n) is 2.56. The minimum atomic E-state index is -3.93. The van der Waals surface area contributed by atoms with Gasteiger partial charge in [-0.3, -0.25) is 4.79 Å². The van der Waals surface area contributed by atoms with Crippen molar-refractivity contribution in [1.82, 2.24) is 4.72 Å². The summed E-state index contributed by atoms with van der Waals surface area (Å²) in [6.07, 6.45) is -0.00455. The van der Waals surface area contributed by atoms with Gasteiger partial charge < -0.3 is 5.11 Å². The van der Waals surface area contributed by atoms with Gasteiger partial charge in [0.1, 0.15) is 4.90 Å². The molecule has 0 saturated heterocycles. The van der Waals surface area contributed by atoms with E-state index in [0.717, 1.165) is 0 Å². The molecule has 0 atom stereocenters. The van der Waals surface area contributed by atoms with Crippen LogP contribution in [0.15, 0.2) is 23.1 Å². The van der Waals surface area contributed by atoms with Crippen molar-refractivity contribution < 1.29 is 18.3 Å². The van der Waals surface area contributed by atoms with E-state index >= 15 is 0 Å². The monoisotopic (exact) mass is 339 g/mol. The largest absolute Gasteiger partial charge is 0.481 e. The van der Waals surface area contributed by atoms with Gasteiger partial charge in [-0.15, -0.1) is 0 Å². The normalized spacial score (nSPS) is 12.4. The van der Waals surface area contributed by atoms with Crippen LogP contribution in [0.4, 0.5) is 0 Å². The lowest BCUT2D eigenvalue weighted by molar-refractivity contribution is -0.137. The van der Waals surface area contributed by atoms with E-state index in [0.29, 0.717) is 0 Å². The predicted molar refractivity (Wildman–Crippen MR) is 77.7 cm³/mol. The molecule has 8 heteroatoms. The summed E-state index contributed by atoms with van der Waals surface area (Å²) >= 11 is 11.7. The highest BCUT2D eigenvalue weighted by atomic mass is 35.5.